The number of nitrogens with two attached hydrogens (primary N) is 1. The van der Waals surface area contributed by atoms with Crippen LogP contribution in [0.2, 0.25) is 0 Å². The van der Waals surface area contributed by atoms with E-state index in [1.54, 1.807) is 12.1 Å². The van der Waals surface area contributed by atoms with Gasteiger partial charge in [-0.2, -0.15) is 5.06 Å². The van der Waals surface area contributed by atoms with Crippen molar-refractivity contribution in [2.45, 2.75) is 51.2 Å². The maximum absolute atomic E-state index is 10.8. The van der Waals surface area contributed by atoms with Crippen LogP contribution < -0.4 is 10.5 Å². The summed E-state index contributed by atoms with van der Waals surface area (Å²) < 4.78 is 5.82. The van der Waals surface area contributed by atoms with Gasteiger partial charge in [-0.05, 0) is 57.4 Å². The Hall–Kier alpha value is -1.89. The van der Waals surface area contributed by atoms with Crippen molar-refractivity contribution >= 4 is 5.97 Å². The van der Waals surface area contributed by atoms with Crippen LogP contribution in [0.15, 0.2) is 35.9 Å². The van der Waals surface area contributed by atoms with E-state index >= 15 is 0 Å². The highest BCUT2D eigenvalue weighted by Crippen LogP contribution is 2.38. The molecule has 0 saturated carbocycles. The SMILES string of the molecule is CC1(C)C=C(COc2ccc(C[C@H](N)C(=O)O)cc2)C(C)(C)N1O. The Labute approximate surface area is 142 Å². The third kappa shape index (κ3) is 3.77. The number of nitrogens with zero attached hydrogens (tertiary/aromatic N) is 1. The molecule has 1 aliphatic heterocycles. The van der Waals surface area contributed by atoms with Crippen LogP contribution in [-0.4, -0.2) is 45.1 Å². The summed E-state index contributed by atoms with van der Waals surface area (Å²) >= 11 is 0. The summed E-state index contributed by atoms with van der Waals surface area (Å²) in [5.74, 6) is -0.324. The van der Waals surface area contributed by atoms with Crippen LogP contribution in [0.25, 0.3) is 0 Å². The lowest BCUT2D eigenvalue weighted by molar-refractivity contribution is -0.185. The molecule has 0 fully saturated rings. The maximum Gasteiger partial charge on any atom is 0.320 e. The fraction of sp³-hybridized carbons (Fsp3) is 0.500. The predicted molar refractivity (Wildman–Crippen MR) is 91.1 cm³/mol. The Morgan fingerprint density at radius 3 is 2.29 bits per heavy atom. The Morgan fingerprint density at radius 1 is 1.25 bits per heavy atom. The first-order chi connectivity index (χ1) is 11.0. The zero-order valence-corrected chi connectivity index (χ0v) is 14.6. The number of hydrogen-bond acceptors (Lipinski definition) is 5. The maximum atomic E-state index is 10.8. The van der Waals surface area contributed by atoms with Gasteiger partial charge in [-0.25, -0.2) is 0 Å². The Balaban J connectivity index is 1.99. The Kier molecular flexibility index (Phi) is 5.03. The topological polar surface area (TPSA) is 96.0 Å². The molecule has 1 heterocycles. The molecule has 4 N–H and O–H groups in total. The number of carboxylic acid groups (broad SMARTS) is 1. The average Bonchev–Trinajstić information content (AvgIpc) is 2.66. The molecule has 6 nitrogen and oxygen atoms in total. The van der Waals surface area contributed by atoms with E-state index in [1.165, 1.54) is 5.06 Å². The second-order valence-corrected chi connectivity index (χ2v) is 7.28. The van der Waals surface area contributed by atoms with E-state index < -0.39 is 23.1 Å². The molecule has 0 spiro atoms. The number of hydroxylamine groups is 2. The average molecular weight is 334 g/mol. The monoisotopic (exact) mass is 334 g/mol. The van der Waals surface area contributed by atoms with Crippen molar-refractivity contribution in [3.8, 4) is 5.75 Å². The van der Waals surface area contributed by atoms with Gasteiger partial charge < -0.3 is 20.8 Å². The lowest BCUT2D eigenvalue weighted by Crippen LogP contribution is -2.48. The van der Waals surface area contributed by atoms with Crippen LogP contribution in [0.3, 0.4) is 0 Å². The van der Waals surface area contributed by atoms with Crippen LogP contribution in [0.4, 0.5) is 0 Å². The normalized spacial score (nSPS) is 20.5. The first kappa shape index (κ1) is 18.4. The van der Waals surface area contributed by atoms with Crippen molar-refractivity contribution < 1.29 is 19.8 Å². The first-order valence-corrected chi connectivity index (χ1v) is 7.95. The lowest BCUT2D eigenvalue weighted by atomic mass is 9.97. The van der Waals surface area contributed by atoms with E-state index in [-0.39, 0.29) is 6.42 Å². The molecule has 0 aliphatic carbocycles. The number of carbonyl (C=O) groups is 1. The largest absolute Gasteiger partial charge is 0.489 e. The molecular formula is C18H26N2O4. The molecule has 1 atom stereocenters. The molecule has 0 bridgehead atoms. The van der Waals surface area contributed by atoms with Crippen LogP contribution in [-0.2, 0) is 11.2 Å². The smallest absolute Gasteiger partial charge is 0.320 e. The van der Waals surface area contributed by atoms with Crippen LogP contribution in [0, 0.1) is 0 Å². The molecule has 1 aromatic rings. The minimum Gasteiger partial charge on any atom is -0.489 e. The Bertz CT molecular complexity index is 635. The van der Waals surface area contributed by atoms with Crippen LogP contribution >= 0.6 is 0 Å². The van der Waals surface area contributed by atoms with Gasteiger partial charge in [-0.3, -0.25) is 4.79 Å². The van der Waals surface area contributed by atoms with Crippen LogP contribution in [0.5, 0.6) is 5.75 Å². The summed E-state index contributed by atoms with van der Waals surface area (Å²) in [6.45, 7) is 8.17. The highest BCUT2D eigenvalue weighted by Gasteiger charge is 2.45. The molecular weight excluding hydrogens is 308 g/mol. The lowest BCUT2D eigenvalue weighted by Gasteiger charge is -2.36. The molecule has 6 heteroatoms. The van der Waals surface area contributed by atoms with E-state index in [4.69, 9.17) is 15.6 Å². The highest BCUT2D eigenvalue weighted by atomic mass is 16.5. The molecule has 0 amide bonds. The van der Waals surface area contributed by atoms with Crippen molar-refractivity contribution in [1.29, 1.82) is 0 Å². The van der Waals surface area contributed by atoms with E-state index in [2.05, 4.69) is 0 Å². The summed E-state index contributed by atoms with van der Waals surface area (Å²) in [5, 5.41) is 20.5. The molecule has 0 saturated heterocycles. The summed E-state index contributed by atoms with van der Waals surface area (Å²) in [6.07, 6.45) is 2.30. The molecule has 0 unspecified atom stereocenters. The van der Waals surface area contributed by atoms with Crippen molar-refractivity contribution in [2.75, 3.05) is 6.61 Å². The van der Waals surface area contributed by atoms with E-state index in [0.717, 1.165) is 11.1 Å². The fourth-order valence-corrected chi connectivity index (χ4v) is 2.96. The van der Waals surface area contributed by atoms with Gasteiger partial charge >= 0.3 is 5.97 Å². The number of ether oxygens (including phenoxy) is 1. The summed E-state index contributed by atoms with van der Waals surface area (Å²) in [5.41, 5.74) is 6.46. The standard InChI is InChI=1S/C18H26N2O4/c1-17(2)10-13(18(3,4)20(17)23)11-24-14-7-5-12(6-8-14)9-15(19)16(21)22/h5-8,10,15,23H,9,11,19H2,1-4H3,(H,21,22)/t15-/m0/s1. The molecule has 1 aliphatic rings. The van der Waals surface area contributed by atoms with Gasteiger partial charge in [0.25, 0.3) is 0 Å². The number of carboxylic acids is 1. The minimum absolute atomic E-state index is 0.279. The quantitative estimate of drug-likeness (QED) is 0.690. The van der Waals surface area contributed by atoms with Crippen molar-refractivity contribution in [3.05, 3.63) is 41.5 Å². The van der Waals surface area contributed by atoms with Gasteiger partial charge in [0.1, 0.15) is 18.4 Å². The van der Waals surface area contributed by atoms with Gasteiger partial charge in [0.05, 0.1) is 11.1 Å². The number of hydrogen-bond donors (Lipinski definition) is 3. The van der Waals surface area contributed by atoms with Gasteiger partial charge in [0, 0.05) is 0 Å². The summed E-state index contributed by atoms with van der Waals surface area (Å²) in [4.78, 5) is 10.8. The molecule has 1 aromatic carbocycles. The van der Waals surface area contributed by atoms with Crippen molar-refractivity contribution in [3.63, 3.8) is 0 Å². The third-order valence-corrected chi connectivity index (χ3v) is 4.48. The minimum atomic E-state index is -1.01. The van der Waals surface area contributed by atoms with E-state index in [9.17, 15) is 10.0 Å². The number of aliphatic carboxylic acids is 1. The van der Waals surface area contributed by atoms with Crippen molar-refractivity contribution in [1.82, 2.24) is 5.06 Å². The van der Waals surface area contributed by atoms with Crippen LogP contribution in [0.1, 0.15) is 33.3 Å². The molecule has 0 radical (unpaired) electrons. The highest BCUT2D eigenvalue weighted by molar-refractivity contribution is 5.73. The number of benzene rings is 1. The molecule has 0 aromatic heterocycles. The predicted octanol–water partition coefficient (Wildman–Crippen LogP) is 2.21. The zero-order valence-electron chi connectivity index (χ0n) is 14.6. The van der Waals surface area contributed by atoms with Crippen molar-refractivity contribution in [2.24, 2.45) is 5.73 Å². The second-order valence-electron chi connectivity index (χ2n) is 7.28. The van der Waals surface area contributed by atoms with Gasteiger partial charge in [-0.1, -0.05) is 18.2 Å². The fourth-order valence-electron chi connectivity index (χ4n) is 2.96. The van der Waals surface area contributed by atoms with E-state index in [1.807, 2.05) is 45.9 Å². The third-order valence-electron chi connectivity index (χ3n) is 4.48. The van der Waals surface area contributed by atoms with Gasteiger partial charge in [0.2, 0.25) is 0 Å². The number of rotatable bonds is 6. The van der Waals surface area contributed by atoms with Gasteiger partial charge in [-0.15, -0.1) is 0 Å². The zero-order chi connectivity index (χ0) is 18.1. The molecule has 24 heavy (non-hydrogen) atoms. The second kappa shape index (κ2) is 6.55. The summed E-state index contributed by atoms with van der Waals surface area (Å²) in [7, 11) is 0. The first-order valence-electron chi connectivity index (χ1n) is 7.95. The van der Waals surface area contributed by atoms with E-state index in [0.29, 0.717) is 12.4 Å². The van der Waals surface area contributed by atoms with Gasteiger partial charge in [0.15, 0.2) is 0 Å². The molecule has 132 valence electrons. The Morgan fingerprint density at radius 2 is 1.83 bits per heavy atom. The molecule has 2 rings (SSSR count). The summed E-state index contributed by atoms with van der Waals surface area (Å²) in [6, 6.07) is 6.32.